The van der Waals surface area contributed by atoms with Crippen molar-refractivity contribution >= 4 is 35.0 Å². The SMILES string of the molecule is CC(C)c1cnn2c(NCc3cccc(NC(=O)C4CCN(C(=O)C=CCN(C)C)C4)c3)nc(NC3CCOCC3)nc12. The number of fused-ring (bicyclic) bond motifs is 1. The summed E-state index contributed by atoms with van der Waals surface area (Å²) in [7, 11) is 3.91. The lowest BCUT2D eigenvalue weighted by molar-refractivity contribution is -0.125. The number of anilines is 3. The minimum atomic E-state index is -0.237. The molecule has 2 saturated heterocycles. The lowest BCUT2D eigenvalue weighted by Gasteiger charge is -2.23. The van der Waals surface area contributed by atoms with E-state index in [4.69, 9.17) is 14.7 Å². The molecule has 2 aromatic heterocycles. The standard InChI is InChI=1S/C31H43N9O3/c1-21(2)26-19-33-40-28(26)36-30(35-24-11-15-43-16-12-24)37-31(40)32-18-22-7-5-8-25(17-22)34-29(42)23-10-14-39(20-23)27(41)9-6-13-38(3)4/h5-9,17,19,21,23-24H,10-16,18,20H2,1-4H3,(H,34,42)(H2,32,35,36,37). The Morgan fingerprint density at radius 3 is 2.74 bits per heavy atom. The molecule has 4 heterocycles. The zero-order valence-corrected chi connectivity index (χ0v) is 25.5. The van der Waals surface area contributed by atoms with Gasteiger partial charge in [0.05, 0.1) is 12.1 Å². The first-order chi connectivity index (χ1) is 20.8. The highest BCUT2D eigenvalue weighted by Crippen LogP contribution is 2.24. The molecule has 0 bridgehead atoms. The maximum atomic E-state index is 13.0. The Morgan fingerprint density at radius 1 is 1.16 bits per heavy atom. The number of amides is 2. The molecule has 0 spiro atoms. The average Bonchev–Trinajstić information content (AvgIpc) is 3.65. The third kappa shape index (κ3) is 7.88. The molecule has 2 aliphatic heterocycles. The van der Waals surface area contributed by atoms with Gasteiger partial charge in [0.1, 0.15) is 0 Å². The van der Waals surface area contributed by atoms with E-state index in [1.165, 1.54) is 0 Å². The van der Waals surface area contributed by atoms with E-state index >= 15 is 0 Å². The van der Waals surface area contributed by atoms with Crippen LogP contribution in [0.3, 0.4) is 0 Å². The molecular weight excluding hydrogens is 546 g/mol. The second-order valence-electron chi connectivity index (χ2n) is 11.9. The lowest BCUT2D eigenvalue weighted by Crippen LogP contribution is -2.30. The third-order valence-electron chi connectivity index (χ3n) is 7.82. The Labute approximate surface area is 252 Å². The summed E-state index contributed by atoms with van der Waals surface area (Å²) in [6.45, 7) is 7.90. The Bertz CT molecular complexity index is 1450. The second kappa shape index (κ2) is 14.0. The molecular formula is C31H43N9O3. The van der Waals surface area contributed by atoms with Gasteiger partial charge < -0.3 is 30.5 Å². The zero-order valence-electron chi connectivity index (χ0n) is 25.5. The number of aromatic nitrogens is 4. The van der Waals surface area contributed by atoms with E-state index in [0.29, 0.717) is 44.5 Å². The van der Waals surface area contributed by atoms with Crippen LogP contribution in [0.2, 0.25) is 0 Å². The second-order valence-corrected chi connectivity index (χ2v) is 11.9. The molecule has 1 unspecified atom stereocenters. The van der Waals surface area contributed by atoms with Gasteiger partial charge in [-0.1, -0.05) is 32.1 Å². The summed E-state index contributed by atoms with van der Waals surface area (Å²) in [4.78, 5) is 38.8. The lowest BCUT2D eigenvalue weighted by atomic mass is 10.1. The van der Waals surface area contributed by atoms with Crippen molar-refractivity contribution in [3.63, 3.8) is 0 Å². The van der Waals surface area contributed by atoms with Crippen molar-refractivity contribution in [3.05, 3.63) is 53.7 Å². The van der Waals surface area contributed by atoms with E-state index in [-0.39, 0.29) is 29.7 Å². The number of hydrogen-bond acceptors (Lipinski definition) is 9. The van der Waals surface area contributed by atoms with E-state index < -0.39 is 0 Å². The van der Waals surface area contributed by atoms with E-state index in [9.17, 15) is 9.59 Å². The highest BCUT2D eigenvalue weighted by Gasteiger charge is 2.30. The maximum Gasteiger partial charge on any atom is 0.246 e. The number of carbonyl (C=O) groups is 2. The summed E-state index contributed by atoms with van der Waals surface area (Å²) in [6.07, 6.45) is 7.77. The van der Waals surface area contributed by atoms with Crippen molar-refractivity contribution in [2.24, 2.45) is 5.92 Å². The molecule has 3 N–H and O–H groups in total. The van der Waals surface area contributed by atoms with Crippen LogP contribution >= 0.6 is 0 Å². The van der Waals surface area contributed by atoms with Gasteiger partial charge in [0, 0.05) is 62.8 Å². The first-order valence-corrected chi connectivity index (χ1v) is 15.1. The summed E-state index contributed by atoms with van der Waals surface area (Å²) in [6, 6.07) is 8.02. The van der Waals surface area contributed by atoms with Gasteiger partial charge in [0.25, 0.3) is 0 Å². The third-order valence-corrected chi connectivity index (χ3v) is 7.82. The number of likely N-dealkylation sites (N-methyl/N-ethyl adjacent to an activating group) is 1. The average molecular weight is 590 g/mol. The molecule has 1 atom stereocenters. The summed E-state index contributed by atoms with van der Waals surface area (Å²) < 4.78 is 7.25. The largest absolute Gasteiger partial charge is 0.381 e. The molecule has 0 radical (unpaired) electrons. The van der Waals surface area contributed by atoms with Gasteiger partial charge in [-0.05, 0) is 57.0 Å². The molecule has 1 aromatic carbocycles. The molecule has 5 rings (SSSR count). The van der Waals surface area contributed by atoms with E-state index in [2.05, 4.69) is 34.9 Å². The fourth-order valence-corrected chi connectivity index (χ4v) is 5.33. The van der Waals surface area contributed by atoms with Crippen molar-refractivity contribution in [2.45, 2.75) is 51.6 Å². The normalized spacial score (nSPS) is 17.8. The number of benzene rings is 1. The molecule has 0 saturated carbocycles. The molecule has 2 amide bonds. The van der Waals surface area contributed by atoms with E-state index in [1.807, 2.05) is 55.5 Å². The smallest absolute Gasteiger partial charge is 0.246 e. The topological polar surface area (TPSA) is 129 Å². The molecule has 2 aliphatic rings. The molecule has 43 heavy (non-hydrogen) atoms. The minimum Gasteiger partial charge on any atom is -0.381 e. The van der Waals surface area contributed by atoms with Crippen LogP contribution < -0.4 is 16.0 Å². The van der Waals surface area contributed by atoms with Gasteiger partial charge in [0.2, 0.25) is 23.7 Å². The Hall–Kier alpha value is -4.03. The monoisotopic (exact) mass is 589 g/mol. The number of nitrogens with zero attached hydrogens (tertiary/aromatic N) is 6. The van der Waals surface area contributed by atoms with E-state index in [1.54, 1.807) is 15.5 Å². The predicted molar refractivity (Wildman–Crippen MR) is 167 cm³/mol. The predicted octanol–water partition coefficient (Wildman–Crippen LogP) is 3.36. The number of hydrogen-bond donors (Lipinski definition) is 3. The van der Waals surface area contributed by atoms with Crippen LogP contribution in [0.15, 0.2) is 42.6 Å². The molecule has 12 heteroatoms. The van der Waals surface area contributed by atoms with Crippen molar-refractivity contribution in [1.82, 2.24) is 29.4 Å². The van der Waals surface area contributed by atoms with Gasteiger partial charge in [-0.3, -0.25) is 9.59 Å². The minimum absolute atomic E-state index is 0.0483. The van der Waals surface area contributed by atoms with Crippen molar-refractivity contribution in [2.75, 3.05) is 62.9 Å². The first-order valence-electron chi connectivity index (χ1n) is 15.1. The molecule has 230 valence electrons. The van der Waals surface area contributed by atoms with Crippen LogP contribution in [0.5, 0.6) is 0 Å². The highest BCUT2D eigenvalue weighted by molar-refractivity contribution is 5.94. The van der Waals surface area contributed by atoms with Crippen molar-refractivity contribution < 1.29 is 14.3 Å². The van der Waals surface area contributed by atoms with Gasteiger partial charge >= 0.3 is 0 Å². The number of nitrogens with one attached hydrogen (secondary N) is 3. The summed E-state index contributed by atoms with van der Waals surface area (Å²) in [5.74, 6) is 1.07. The van der Waals surface area contributed by atoms with Crippen LogP contribution in [0.25, 0.3) is 5.65 Å². The van der Waals surface area contributed by atoms with Gasteiger partial charge in [-0.2, -0.15) is 19.6 Å². The quantitative estimate of drug-likeness (QED) is 0.288. The zero-order chi connectivity index (χ0) is 30.3. The van der Waals surface area contributed by atoms with Crippen LogP contribution in [0, 0.1) is 5.92 Å². The number of likely N-dealkylation sites (tertiary alicyclic amines) is 1. The number of carbonyl (C=O) groups excluding carboxylic acids is 2. The Morgan fingerprint density at radius 2 is 1.98 bits per heavy atom. The van der Waals surface area contributed by atoms with Crippen molar-refractivity contribution in [1.29, 1.82) is 0 Å². The Kier molecular flexibility index (Phi) is 9.88. The fourth-order valence-electron chi connectivity index (χ4n) is 5.33. The summed E-state index contributed by atoms with van der Waals surface area (Å²) >= 11 is 0. The van der Waals surface area contributed by atoms with Crippen LogP contribution in [0.1, 0.15) is 50.2 Å². The van der Waals surface area contributed by atoms with Gasteiger partial charge in [-0.25, -0.2) is 0 Å². The molecule has 0 aliphatic carbocycles. The Balaban J connectivity index is 1.23. The molecule has 3 aromatic rings. The summed E-state index contributed by atoms with van der Waals surface area (Å²) in [5.41, 5.74) is 3.53. The first kappa shape index (κ1) is 30.4. The van der Waals surface area contributed by atoms with Crippen LogP contribution in [-0.2, 0) is 20.9 Å². The molecule has 12 nitrogen and oxygen atoms in total. The van der Waals surface area contributed by atoms with Gasteiger partial charge in [0.15, 0.2) is 5.65 Å². The number of rotatable bonds is 11. The van der Waals surface area contributed by atoms with Crippen LogP contribution in [0.4, 0.5) is 17.6 Å². The van der Waals surface area contributed by atoms with Crippen LogP contribution in [-0.4, -0.2) is 94.2 Å². The van der Waals surface area contributed by atoms with Crippen molar-refractivity contribution in [3.8, 4) is 0 Å². The summed E-state index contributed by atoms with van der Waals surface area (Å²) in [5, 5.41) is 14.5. The van der Waals surface area contributed by atoms with Gasteiger partial charge in [-0.15, -0.1) is 0 Å². The number of ether oxygens (including phenoxy) is 1. The van der Waals surface area contributed by atoms with E-state index in [0.717, 1.165) is 48.5 Å². The molecule has 2 fully saturated rings. The fraction of sp³-hybridized carbons (Fsp3) is 0.516. The highest BCUT2D eigenvalue weighted by atomic mass is 16.5. The maximum absolute atomic E-state index is 13.0.